The first-order valence-electron chi connectivity index (χ1n) is 10.3. The van der Waals surface area contributed by atoms with Crippen LogP contribution in [0.4, 0.5) is 5.69 Å². The van der Waals surface area contributed by atoms with Gasteiger partial charge in [0.2, 0.25) is 0 Å². The minimum Gasteiger partial charge on any atom is -0.493 e. The van der Waals surface area contributed by atoms with Crippen molar-refractivity contribution in [1.29, 1.82) is 0 Å². The highest BCUT2D eigenvalue weighted by molar-refractivity contribution is 6.35. The predicted molar refractivity (Wildman–Crippen MR) is 127 cm³/mol. The maximum absolute atomic E-state index is 12.2. The Labute approximate surface area is 197 Å². The second-order valence-electron chi connectivity index (χ2n) is 7.02. The van der Waals surface area contributed by atoms with Crippen molar-refractivity contribution in [1.82, 2.24) is 10.7 Å². The van der Waals surface area contributed by atoms with E-state index in [1.165, 1.54) is 13.3 Å². The van der Waals surface area contributed by atoms with E-state index in [0.29, 0.717) is 34.3 Å². The number of anilines is 1. The smallest absolute Gasteiger partial charge is 0.329 e. The molecule has 0 unspecified atom stereocenters. The zero-order chi connectivity index (χ0) is 24.2. The van der Waals surface area contributed by atoms with Crippen LogP contribution in [0.15, 0.2) is 41.5 Å². The van der Waals surface area contributed by atoms with Gasteiger partial charge in [-0.05, 0) is 54.8 Å². The van der Waals surface area contributed by atoms with Gasteiger partial charge in [-0.3, -0.25) is 14.4 Å². The molecule has 0 bridgehead atoms. The molecule has 0 saturated carbocycles. The van der Waals surface area contributed by atoms with Crippen molar-refractivity contribution in [2.45, 2.75) is 26.7 Å². The van der Waals surface area contributed by atoms with Crippen molar-refractivity contribution >= 4 is 41.2 Å². The minimum atomic E-state index is -0.852. The molecule has 9 nitrogen and oxygen atoms in total. The summed E-state index contributed by atoms with van der Waals surface area (Å²) in [6.45, 7) is 4.05. The van der Waals surface area contributed by atoms with E-state index < -0.39 is 11.8 Å². The number of halogens is 1. The summed E-state index contributed by atoms with van der Waals surface area (Å²) in [4.78, 5) is 35.5. The van der Waals surface area contributed by atoms with Gasteiger partial charge in [0, 0.05) is 17.3 Å². The highest BCUT2D eigenvalue weighted by atomic mass is 35.5. The maximum atomic E-state index is 12.2. The second kappa shape index (κ2) is 13.1. The largest absolute Gasteiger partial charge is 0.493 e. The van der Waals surface area contributed by atoms with E-state index in [4.69, 9.17) is 21.1 Å². The monoisotopic (exact) mass is 474 g/mol. The number of ether oxygens (including phenoxy) is 2. The Morgan fingerprint density at radius 1 is 1.09 bits per heavy atom. The molecular formula is C23H27ClN4O5. The fourth-order valence-electron chi connectivity index (χ4n) is 2.57. The van der Waals surface area contributed by atoms with E-state index in [2.05, 4.69) is 21.2 Å². The average Bonchev–Trinajstić information content (AvgIpc) is 2.80. The third kappa shape index (κ3) is 8.46. The molecule has 0 saturated heterocycles. The summed E-state index contributed by atoms with van der Waals surface area (Å²) in [5.74, 6) is -1.23. The molecule has 0 radical (unpaired) electrons. The first-order chi connectivity index (χ1) is 15.8. The summed E-state index contributed by atoms with van der Waals surface area (Å²) in [7, 11) is 1.46. The van der Waals surface area contributed by atoms with Gasteiger partial charge < -0.3 is 20.1 Å². The second-order valence-corrected chi connectivity index (χ2v) is 7.43. The van der Waals surface area contributed by atoms with Crippen LogP contribution in [0.1, 0.15) is 30.9 Å². The standard InChI is InChI=1S/C23H27ClN4O5/c1-4-5-10-25-22(30)23(31)28-26-13-16-7-9-19(20(11-16)32-3)33-14-21(29)27-17-8-6-15(2)18(24)12-17/h6-9,11-13H,4-5,10,14H2,1-3H3,(H,25,30)(H,27,29)(H,28,31)/b26-13-. The third-order valence-corrected chi connectivity index (χ3v) is 4.81. The summed E-state index contributed by atoms with van der Waals surface area (Å²) in [6, 6.07) is 10.1. The molecule has 0 aliphatic carbocycles. The molecule has 0 heterocycles. The Bertz CT molecular complexity index is 1030. The lowest BCUT2D eigenvalue weighted by Gasteiger charge is -2.12. The molecule has 0 aliphatic rings. The van der Waals surface area contributed by atoms with Crippen molar-refractivity contribution < 1.29 is 23.9 Å². The third-order valence-electron chi connectivity index (χ3n) is 4.40. The van der Waals surface area contributed by atoms with Crippen molar-refractivity contribution in [2.24, 2.45) is 5.10 Å². The molecule has 0 aliphatic heterocycles. The predicted octanol–water partition coefficient (Wildman–Crippen LogP) is 3.04. The lowest BCUT2D eigenvalue weighted by molar-refractivity contribution is -0.139. The number of aryl methyl sites for hydroxylation is 1. The molecular weight excluding hydrogens is 448 g/mol. The Kier molecular flexibility index (Phi) is 10.2. The van der Waals surface area contributed by atoms with Crippen LogP contribution in [0.25, 0.3) is 0 Å². The number of rotatable bonds is 10. The van der Waals surface area contributed by atoms with Gasteiger partial charge in [-0.2, -0.15) is 5.10 Å². The van der Waals surface area contributed by atoms with Crippen molar-refractivity contribution in [3.8, 4) is 11.5 Å². The molecule has 0 aromatic heterocycles. The number of benzene rings is 2. The van der Waals surface area contributed by atoms with E-state index >= 15 is 0 Å². The highest BCUT2D eigenvalue weighted by Gasteiger charge is 2.12. The fraction of sp³-hybridized carbons (Fsp3) is 0.304. The topological polar surface area (TPSA) is 118 Å². The van der Waals surface area contributed by atoms with Crippen LogP contribution >= 0.6 is 11.6 Å². The molecule has 3 amide bonds. The summed E-state index contributed by atoms with van der Waals surface area (Å²) >= 11 is 6.07. The van der Waals surface area contributed by atoms with Gasteiger partial charge >= 0.3 is 11.8 Å². The molecule has 2 aromatic rings. The van der Waals surface area contributed by atoms with Gasteiger partial charge in [0.05, 0.1) is 13.3 Å². The van der Waals surface area contributed by atoms with E-state index in [1.807, 2.05) is 19.9 Å². The van der Waals surface area contributed by atoms with Crippen LogP contribution in [0, 0.1) is 6.92 Å². The van der Waals surface area contributed by atoms with E-state index in [0.717, 1.165) is 18.4 Å². The zero-order valence-electron chi connectivity index (χ0n) is 18.7. The maximum Gasteiger partial charge on any atom is 0.329 e. The Hall–Kier alpha value is -3.59. The number of carbonyl (C=O) groups is 3. The number of nitrogens with one attached hydrogen (secondary N) is 3. The van der Waals surface area contributed by atoms with Crippen LogP contribution < -0.4 is 25.5 Å². The summed E-state index contributed by atoms with van der Waals surface area (Å²) in [5, 5.41) is 9.54. The summed E-state index contributed by atoms with van der Waals surface area (Å²) in [5.41, 5.74) is 4.23. The van der Waals surface area contributed by atoms with E-state index in [9.17, 15) is 14.4 Å². The molecule has 0 fully saturated rings. The van der Waals surface area contributed by atoms with E-state index in [-0.39, 0.29) is 12.5 Å². The van der Waals surface area contributed by atoms with Crippen molar-refractivity contribution in [2.75, 3.05) is 25.6 Å². The molecule has 2 aromatic carbocycles. The minimum absolute atomic E-state index is 0.238. The van der Waals surface area contributed by atoms with Gasteiger partial charge in [-0.25, -0.2) is 5.43 Å². The number of methoxy groups -OCH3 is 1. The van der Waals surface area contributed by atoms with E-state index in [1.54, 1.807) is 30.3 Å². The molecule has 3 N–H and O–H groups in total. The molecule has 176 valence electrons. The van der Waals surface area contributed by atoms with Crippen LogP contribution in [-0.2, 0) is 14.4 Å². The van der Waals surface area contributed by atoms with Crippen molar-refractivity contribution in [3.05, 3.63) is 52.5 Å². The summed E-state index contributed by atoms with van der Waals surface area (Å²) < 4.78 is 10.9. The number of hydrazone groups is 1. The number of unbranched alkanes of at least 4 members (excludes halogenated alkanes) is 1. The summed E-state index contributed by atoms with van der Waals surface area (Å²) in [6.07, 6.45) is 3.06. The fourth-order valence-corrected chi connectivity index (χ4v) is 2.75. The number of carbonyl (C=O) groups excluding carboxylic acids is 3. The Morgan fingerprint density at radius 2 is 1.88 bits per heavy atom. The average molecular weight is 475 g/mol. The van der Waals surface area contributed by atoms with Crippen LogP contribution in [0.3, 0.4) is 0 Å². The zero-order valence-corrected chi connectivity index (χ0v) is 19.5. The van der Waals surface area contributed by atoms with Gasteiger partial charge in [0.25, 0.3) is 5.91 Å². The van der Waals surface area contributed by atoms with Crippen LogP contribution in [-0.4, -0.2) is 44.2 Å². The quantitative estimate of drug-likeness (QED) is 0.212. The first-order valence-corrected chi connectivity index (χ1v) is 10.7. The number of amides is 3. The first kappa shape index (κ1) is 25.7. The number of nitrogens with zero attached hydrogens (tertiary/aromatic N) is 1. The normalized spacial score (nSPS) is 10.5. The van der Waals surface area contributed by atoms with Gasteiger partial charge in [0.1, 0.15) is 0 Å². The number of hydrogen-bond acceptors (Lipinski definition) is 6. The SMILES string of the molecule is CCCCNC(=O)C(=O)N/N=C\c1ccc(OCC(=O)Nc2ccc(C)c(Cl)c2)c(OC)c1. The van der Waals surface area contributed by atoms with Gasteiger partial charge in [-0.1, -0.05) is 31.0 Å². The lowest BCUT2D eigenvalue weighted by Crippen LogP contribution is -2.38. The van der Waals surface area contributed by atoms with Crippen LogP contribution in [0.5, 0.6) is 11.5 Å². The molecule has 2 rings (SSSR count). The van der Waals surface area contributed by atoms with Crippen molar-refractivity contribution in [3.63, 3.8) is 0 Å². The molecule has 33 heavy (non-hydrogen) atoms. The molecule has 0 atom stereocenters. The Balaban J connectivity index is 1.89. The number of hydrogen-bond donors (Lipinski definition) is 3. The Morgan fingerprint density at radius 3 is 2.58 bits per heavy atom. The van der Waals surface area contributed by atoms with Crippen LogP contribution in [0.2, 0.25) is 5.02 Å². The molecule has 0 spiro atoms. The molecule has 10 heteroatoms. The lowest BCUT2D eigenvalue weighted by atomic mass is 10.2. The van der Waals surface area contributed by atoms with Gasteiger partial charge in [0.15, 0.2) is 18.1 Å². The highest BCUT2D eigenvalue weighted by Crippen LogP contribution is 2.27. The van der Waals surface area contributed by atoms with Gasteiger partial charge in [-0.15, -0.1) is 0 Å².